The highest BCUT2D eigenvalue weighted by atomic mass is 32.2. The van der Waals surface area contributed by atoms with Crippen LogP contribution in [0.2, 0.25) is 0 Å². The molecule has 4 rings (SSSR count). The van der Waals surface area contributed by atoms with E-state index >= 15 is 0 Å². The molecule has 1 aliphatic rings. The van der Waals surface area contributed by atoms with Crippen molar-refractivity contribution in [2.45, 2.75) is 38.6 Å². The predicted octanol–water partition coefficient (Wildman–Crippen LogP) is 2.37. The van der Waals surface area contributed by atoms with Gasteiger partial charge in [-0.3, -0.25) is 14.3 Å². The fourth-order valence-electron chi connectivity index (χ4n) is 4.47. The third-order valence-electron chi connectivity index (χ3n) is 6.00. The molecule has 9 nitrogen and oxygen atoms in total. The minimum atomic E-state index is -3.13. The Labute approximate surface area is 184 Å². The molecule has 0 aliphatic carbocycles. The molecular formula is C22H24N2O7S. The zero-order valence-electron chi connectivity index (χ0n) is 18.0. The maximum absolute atomic E-state index is 12.8. The summed E-state index contributed by atoms with van der Waals surface area (Å²) in [4.78, 5) is 25.1. The number of methoxy groups -OCH3 is 1. The number of benzene rings is 1. The second-order valence-corrected chi connectivity index (χ2v) is 10.3. The van der Waals surface area contributed by atoms with Gasteiger partial charge in [-0.05, 0) is 32.4 Å². The highest BCUT2D eigenvalue weighted by Gasteiger charge is 2.35. The average molecular weight is 461 g/mol. The van der Waals surface area contributed by atoms with Crippen molar-refractivity contribution in [1.82, 2.24) is 9.78 Å². The Bertz CT molecular complexity index is 1370. The zero-order valence-corrected chi connectivity index (χ0v) is 18.8. The smallest absolute Gasteiger partial charge is 0.306 e. The standard InChI is InChI=1S/C22H24N2O7S/c1-12-19(13(2)24(23-12)14-8-9-32(28,29)11-14)16(10-18(25)30-3)22-21(27)20(26)15-6-4-5-7-17(15)31-22/h4-7,14,16,27H,8-11H2,1-3H3/t14-,16-/m0/s1. The summed E-state index contributed by atoms with van der Waals surface area (Å²) in [5.41, 5.74) is 1.48. The number of nitrogens with zero attached hydrogens (tertiary/aromatic N) is 2. The topological polar surface area (TPSA) is 129 Å². The number of carbonyl (C=O) groups excluding carboxylic acids is 1. The Balaban J connectivity index is 1.90. The molecule has 1 fully saturated rings. The van der Waals surface area contributed by atoms with Crippen molar-refractivity contribution >= 4 is 26.8 Å². The SMILES string of the molecule is COC(=O)C[C@H](c1oc2ccccc2c(=O)c1O)c1c(C)nn([C@H]2CCS(=O)(=O)C2)c1C. The van der Waals surface area contributed by atoms with Gasteiger partial charge in [0.25, 0.3) is 0 Å². The minimum absolute atomic E-state index is 0.00756. The van der Waals surface area contributed by atoms with E-state index in [1.165, 1.54) is 7.11 Å². The summed E-state index contributed by atoms with van der Waals surface area (Å²) in [5.74, 6) is -1.94. The fraction of sp³-hybridized carbons (Fsp3) is 0.409. The molecule has 0 unspecified atom stereocenters. The maximum Gasteiger partial charge on any atom is 0.306 e. The number of aromatic nitrogens is 2. The number of sulfone groups is 1. The van der Waals surface area contributed by atoms with Crippen molar-refractivity contribution in [3.05, 3.63) is 57.2 Å². The molecule has 32 heavy (non-hydrogen) atoms. The van der Waals surface area contributed by atoms with Crippen molar-refractivity contribution in [1.29, 1.82) is 0 Å². The molecule has 2 aromatic heterocycles. The van der Waals surface area contributed by atoms with E-state index < -0.39 is 32.9 Å². The highest BCUT2D eigenvalue weighted by Crippen LogP contribution is 2.39. The molecule has 0 bridgehead atoms. The summed E-state index contributed by atoms with van der Waals surface area (Å²) in [7, 11) is -1.88. The van der Waals surface area contributed by atoms with Gasteiger partial charge in [0.15, 0.2) is 15.6 Å². The number of aromatic hydroxyl groups is 1. The Morgan fingerprint density at radius 3 is 2.72 bits per heavy atom. The normalized spacial score (nSPS) is 18.7. The number of hydrogen-bond donors (Lipinski definition) is 1. The van der Waals surface area contributed by atoms with Gasteiger partial charge in [0.1, 0.15) is 5.58 Å². The van der Waals surface area contributed by atoms with Crippen LogP contribution in [0.15, 0.2) is 33.5 Å². The highest BCUT2D eigenvalue weighted by molar-refractivity contribution is 7.91. The Kier molecular flexibility index (Phi) is 5.58. The first-order valence-corrected chi connectivity index (χ1v) is 12.0. The van der Waals surface area contributed by atoms with Crippen LogP contribution in [0, 0.1) is 13.8 Å². The van der Waals surface area contributed by atoms with E-state index in [2.05, 4.69) is 5.10 Å². The predicted molar refractivity (Wildman–Crippen MR) is 117 cm³/mol. The van der Waals surface area contributed by atoms with E-state index in [1.54, 1.807) is 42.8 Å². The van der Waals surface area contributed by atoms with Crippen LogP contribution in [0.3, 0.4) is 0 Å². The molecule has 3 aromatic rings. The number of esters is 1. The van der Waals surface area contributed by atoms with Gasteiger partial charge in [-0.15, -0.1) is 0 Å². The van der Waals surface area contributed by atoms with Gasteiger partial charge in [-0.1, -0.05) is 12.1 Å². The second kappa shape index (κ2) is 8.09. The summed E-state index contributed by atoms with van der Waals surface area (Å²) < 4.78 is 36.4. The van der Waals surface area contributed by atoms with Gasteiger partial charge >= 0.3 is 5.97 Å². The number of aryl methyl sites for hydroxylation is 1. The van der Waals surface area contributed by atoms with Gasteiger partial charge in [0, 0.05) is 11.3 Å². The first kappa shape index (κ1) is 22.1. The number of fused-ring (bicyclic) bond motifs is 1. The number of para-hydroxylation sites is 1. The van der Waals surface area contributed by atoms with E-state index in [0.29, 0.717) is 23.4 Å². The maximum atomic E-state index is 12.8. The van der Waals surface area contributed by atoms with E-state index in [9.17, 15) is 23.1 Å². The minimum Gasteiger partial charge on any atom is -0.502 e. The molecule has 0 radical (unpaired) electrons. The Morgan fingerprint density at radius 2 is 2.06 bits per heavy atom. The van der Waals surface area contributed by atoms with E-state index in [1.807, 2.05) is 0 Å². The molecule has 1 aromatic carbocycles. The lowest BCUT2D eigenvalue weighted by molar-refractivity contribution is -0.140. The monoisotopic (exact) mass is 460 g/mol. The lowest BCUT2D eigenvalue weighted by atomic mass is 9.90. The molecule has 0 amide bonds. The van der Waals surface area contributed by atoms with Crippen LogP contribution >= 0.6 is 0 Å². The van der Waals surface area contributed by atoms with Crippen LogP contribution in [0.1, 0.15) is 47.5 Å². The summed E-state index contributed by atoms with van der Waals surface area (Å²) in [5, 5.41) is 15.5. The van der Waals surface area contributed by atoms with Gasteiger partial charge in [-0.2, -0.15) is 5.10 Å². The molecule has 1 N–H and O–H groups in total. The van der Waals surface area contributed by atoms with Gasteiger partial charge in [0.2, 0.25) is 11.2 Å². The molecule has 3 heterocycles. The van der Waals surface area contributed by atoms with Crippen LogP contribution in [-0.2, 0) is 19.4 Å². The third kappa shape index (κ3) is 3.79. The van der Waals surface area contributed by atoms with Gasteiger partial charge < -0.3 is 14.3 Å². The Morgan fingerprint density at radius 1 is 1.34 bits per heavy atom. The van der Waals surface area contributed by atoms with Crippen molar-refractivity contribution in [3.63, 3.8) is 0 Å². The Hall–Kier alpha value is -3.14. The first-order chi connectivity index (χ1) is 15.1. The van der Waals surface area contributed by atoms with Crippen LogP contribution in [0.4, 0.5) is 0 Å². The molecular weight excluding hydrogens is 436 g/mol. The summed E-state index contributed by atoms with van der Waals surface area (Å²) in [6, 6.07) is 6.22. The number of rotatable bonds is 5. The van der Waals surface area contributed by atoms with Gasteiger partial charge in [-0.25, -0.2) is 8.42 Å². The van der Waals surface area contributed by atoms with Crippen molar-refractivity contribution in [2.75, 3.05) is 18.6 Å². The fourth-order valence-corrected chi connectivity index (χ4v) is 6.16. The van der Waals surface area contributed by atoms with Crippen LogP contribution in [0.25, 0.3) is 11.0 Å². The van der Waals surface area contributed by atoms with Gasteiger partial charge in [0.05, 0.1) is 48.1 Å². The molecule has 1 saturated heterocycles. The lowest BCUT2D eigenvalue weighted by Crippen LogP contribution is -2.16. The van der Waals surface area contributed by atoms with Crippen LogP contribution < -0.4 is 5.43 Å². The third-order valence-corrected chi connectivity index (χ3v) is 7.75. The molecule has 2 atom stereocenters. The van der Waals surface area contributed by atoms with Crippen LogP contribution in [0.5, 0.6) is 5.75 Å². The molecule has 10 heteroatoms. The molecule has 0 spiro atoms. The summed E-state index contributed by atoms with van der Waals surface area (Å²) in [6.45, 7) is 3.52. The summed E-state index contributed by atoms with van der Waals surface area (Å²) in [6.07, 6.45) is 0.253. The lowest BCUT2D eigenvalue weighted by Gasteiger charge is -2.18. The average Bonchev–Trinajstić information content (AvgIpc) is 3.27. The van der Waals surface area contributed by atoms with Crippen molar-refractivity contribution in [2.24, 2.45) is 0 Å². The zero-order chi connectivity index (χ0) is 23.2. The quantitative estimate of drug-likeness (QED) is 0.575. The molecule has 170 valence electrons. The van der Waals surface area contributed by atoms with Crippen LogP contribution in [-0.4, -0.2) is 47.9 Å². The van der Waals surface area contributed by atoms with Crippen molar-refractivity contribution < 1.29 is 27.5 Å². The first-order valence-electron chi connectivity index (χ1n) is 10.2. The van der Waals surface area contributed by atoms with Crippen molar-refractivity contribution in [3.8, 4) is 5.75 Å². The molecule has 1 aliphatic heterocycles. The summed E-state index contributed by atoms with van der Waals surface area (Å²) >= 11 is 0. The number of ether oxygens (including phenoxy) is 1. The van der Waals surface area contributed by atoms with E-state index in [0.717, 1.165) is 0 Å². The van der Waals surface area contributed by atoms with E-state index in [-0.39, 0.29) is 40.7 Å². The second-order valence-electron chi connectivity index (χ2n) is 8.06. The molecule has 0 saturated carbocycles. The number of hydrogen-bond acceptors (Lipinski definition) is 8. The largest absolute Gasteiger partial charge is 0.502 e. The van der Waals surface area contributed by atoms with E-state index in [4.69, 9.17) is 9.15 Å². The number of carbonyl (C=O) groups is 1.